The van der Waals surface area contributed by atoms with Crippen molar-refractivity contribution in [1.82, 2.24) is 9.80 Å². The summed E-state index contributed by atoms with van der Waals surface area (Å²) in [5.41, 5.74) is 5.16. The molecule has 1 saturated heterocycles. The van der Waals surface area contributed by atoms with Crippen molar-refractivity contribution in [2.24, 2.45) is 0 Å². The Hall–Kier alpha value is -3.71. The molecule has 0 aromatic heterocycles. The van der Waals surface area contributed by atoms with Crippen LogP contribution in [0.5, 0.6) is 0 Å². The summed E-state index contributed by atoms with van der Waals surface area (Å²) in [5.74, 6) is 0. The highest BCUT2D eigenvalue weighted by molar-refractivity contribution is 7.93. The van der Waals surface area contributed by atoms with Gasteiger partial charge in [0.05, 0.1) is 17.3 Å². The van der Waals surface area contributed by atoms with Crippen molar-refractivity contribution in [3.63, 3.8) is 0 Å². The van der Waals surface area contributed by atoms with Gasteiger partial charge in [0, 0.05) is 32.4 Å². The molecule has 0 amide bonds. The number of hydrogen-bond acceptors (Lipinski definition) is 4. The monoisotopic (exact) mass is 523 g/mol. The molecular formula is C32H33N3O2S. The average molecular weight is 524 g/mol. The third-order valence-corrected chi connectivity index (χ3v) is 8.34. The van der Waals surface area contributed by atoms with Crippen molar-refractivity contribution >= 4 is 15.7 Å². The third-order valence-electron chi connectivity index (χ3n) is 6.64. The topological polar surface area (TPSA) is 43.9 Å². The number of rotatable bonds is 8. The molecule has 4 aromatic carbocycles. The Morgan fingerprint density at radius 1 is 0.684 bits per heavy atom. The molecule has 4 aromatic rings. The standard InChI is InChI=1S/C32H33N3O2S/c1-27-17-19-32(20-18-27)38(36,37)35(31-15-9-4-10-16-31)25-30-23-33(21-28-11-5-2-6-12-28)26-34(24-30)22-29-13-7-3-8-14-29/h2-20,25H,21-24,26H2,1H3. The largest absolute Gasteiger partial charge is 0.282 e. The van der Waals surface area contributed by atoms with Crippen LogP contribution in [0.25, 0.3) is 0 Å². The van der Waals surface area contributed by atoms with Gasteiger partial charge in [0.1, 0.15) is 0 Å². The summed E-state index contributed by atoms with van der Waals surface area (Å²) in [6.07, 6.45) is 1.83. The second-order valence-corrected chi connectivity index (χ2v) is 11.6. The fourth-order valence-electron chi connectivity index (χ4n) is 4.83. The zero-order valence-corrected chi connectivity index (χ0v) is 22.5. The smallest absolute Gasteiger partial charge is 0.268 e. The first-order valence-electron chi connectivity index (χ1n) is 12.9. The van der Waals surface area contributed by atoms with Gasteiger partial charge in [0.25, 0.3) is 10.0 Å². The summed E-state index contributed by atoms with van der Waals surface area (Å²) in [5, 5.41) is 0. The van der Waals surface area contributed by atoms with E-state index < -0.39 is 10.0 Å². The molecule has 1 fully saturated rings. The Kier molecular flexibility index (Phi) is 8.03. The number of nitrogens with zero attached hydrogens (tertiary/aromatic N) is 3. The van der Waals surface area contributed by atoms with Gasteiger partial charge < -0.3 is 0 Å². The van der Waals surface area contributed by atoms with E-state index >= 15 is 0 Å². The van der Waals surface area contributed by atoms with E-state index in [1.54, 1.807) is 12.1 Å². The van der Waals surface area contributed by atoms with Crippen LogP contribution in [0.4, 0.5) is 5.69 Å². The second-order valence-electron chi connectivity index (χ2n) is 9.82. The fourth-order valence-corrected chi connectivity index (χ4v) is 6.23. The number of aryl methyl sites for hydroxylation is 1. The van der Waals surface area contributed by atoms with Crippen molar-refractivity contribution in [2.45, 2.75) is 24.9 Å². The minimum Gasteiger partial charge on any atom is -0.282 e. The molecule has 38 heavy (non-hydrogen) atoms. The summed E-state index contributed by atoms with van der Waals surface area (Å²) in [6.45, 7) is 5.72. The number of benzene rings is 4. The molecule has 1 aliphatic rings. The molecule has 0 aliphatic carbocycles. The van der Waals surface area contributed by atoms with Gasteiger partial charge in [-0.1, -0.05) is 96.6 Å². The van der Waals surface area contributed by atoms with E-state index in [4.69, 9.17) is 0 Å². The summed E-state index contributed by atoms with van der Waals surface area (Å²) in [4.78, 5) is 5.02. The van der Waals surface area contributed by atoms with Crippen LogP contribution >= 0.6 is 0 Å². The zero-order valence-electron chi connectivity index (χ0n) is 21.6. The molecule has 1 heterocycles. The lowest BCUT2D eigenvalue weighted by atomic mass is 10.1. The highest BCUT2D eigenvalue weighted by atomic mass is 32.2. The predicted molar refractivity (Wildman–Crippen MR) is 154 cm³/mol. The quantitative estimate of drug-likeness (QED) is 0.282. The van der Waals surface area contributed by atoms with E-state index in [0.717, 1.165) is 30.9 Å². The van der Waals surface area contributed by atoms with Crippen LogP contribution in [0.1, 0.15) is 16.7 Å². The Morgan fingerprint density at radius 2 is 1.16 bits per heavy atom. The highest BCUT2D eigenvalue weighted by Crippen LogP contribution is 2.27. The van der Waals surface area contributed by atoms with Crippen molar-refractivity contribution in [1.29, 1.82) is 0 Å². The van der Waals surface area contributed by atoms with Crippen LogP contribution in [0.3, 0.4) is 0 Å². The van der Waals surface area contributed by atoms with Crippen LogP contribution in [0.2, 0.25) is 0 Å². The fraction of sp³-hybridized carbons (Fsp3) is 0.188. The van der Waals surface area contributed by atoms with Gasteiger partial charge in [0.15, 0.2) is 0 Å². The molecule has 0 radical (unpaired) electrons. The zero-order chi connectivity index (χ0) is 26.4. The minimum atomic E-state index is -3.80. The summed E-state index contributed by atoms with van der Waals surface area (Å²) < 4.78 is 29.3. The molecule has 194 valence electrons. The summed E-state index contributed by atoms with van der Waals surface area (Å²) in [7, 11) is -3.80. The predicted octanol–water partition coefficient (Wildman–Crippen LogP) is 6.05. The van der Waals surface area contributed by atoms with Gasteiger partial charge in [-0.15, -0.1) is 0 Å². The van der Waals surface area contributed by atoms with Crippen LogP contribution in [0, 0.1) is 6.92 Å². The average Bonchev–Trinajstić information content (AvgIpc) is 2.93. The van der Waals surface area contributed by atoms with Gasteiger partial charge in [-0.3, -0.25) is 9.80 Å². The molecule has 0 saturated carbocycles. The van der Waals surface area contributed by atoms with Crippen molar-refractivity contribution < 1.29 is 8.42 Å². The normalized spacial score (nSPS) is 14.8. The lowest BCUT2D eigenvalue weighted by molar-refractivity contribution is 0.105. The molecule has 1 aliphatic heterocycles. The van der Waals surface area contributed by atoms with Gasteiger partial charge in [-0.25, -0.2) is 12.7 Å². The van der Waals surface area contributed by atoms with Gasteiger partial charge >= 0.3 is 0 Å². The molecule has 0 N–H and O–H groups in total. The molecule has 0 bridgehead atoms. The summed E-state index contributed by atoms with van der Waals surface area (Å²) >= 11 is 0. The maximum atomic E-state index is 13.9. The molecular weight excluding hydrogens is 490 g/mol. The highest BCUT2D eigenvalue weighted by Gasteiger charge is 2.27. The maximum Gasteiger partial charge on any atom is 0.268 e. The Labute approximate surface area is 226 Å². The van der Waals surface area contributed by atoms with Crippen LogP contribution in [-0.2, 0) is 23.1 Å². The van der Waals surface area contributed by atoms with E-state index in [9.17, 15) is 8.42 Å². The van der Waals surface area contributed by atoms with Crippen LogP contribution < -0.4 is 4.31 Å². The summed E-state index contributed by atoms with van der Waals surface area (Å²) in [6, 6.07) is 37.2. The van der Waals surface area contributed by atoms with Crippen molar-refractivity contribution in [2.75, 3.05) is 24.1 Å². The molecule has 5 rings (SSSR count). The number of sulfonamides is 1. The SMILES string of the molecule is Cc1ccc(S(=O)(=O)N(C=C2CN(Cc3ccccc3)CN(Cc3ccccc3)C2)c2ccccc2)cc1. The number of hydrogen-bond donors (Lipinski definition) is 0. The van der Waals surface area contributed by atoms with Gasteiger partial charge in [-0.05, 0) is 47.9 Å². The van der Waals surface area contributed by atoms with Gasteiger partial charge in [0.2, 0.25) is 0 Å². The van der Waals surface area contributed by atoms with E-state index in [0.29, 0.717) is 18.8 Å². The minimum absolute atomic E-state index is 0.280. The van der Waals surface area contributed by atoms with E-state index in [-0.39, 0.29) is 4.90 Å². The number of anilines is 1. The molecule has 0 unspecified atom stereocenters. The van der Waals surface area contributed by atoms with E-state index in [2.05, 4.69) is 58.3 Å². The number of para-hydroxylation sites is 1. The molecule has 0 spiro atoms. The van der Waals surface area contributed by atoms with Crippen LogP contribution in [-0.4, -0.2) is 38.0 Å². The second kappa shape index (κ2) is 11.8. The third kappa shape index (κ3) is 6.40. The first kappa shape index (κ1) is 25.9. The maximum absolute atomic E-state index is 13.9. The van der Waals surface area contributed by atoms with Crippen molar-refractivity contribution in [3.05, 3.63) is 144 Å². The Bertz CT molecular complexity index is 1400. The first-order chi connectivity index (χ1) is 18.5. The molecule has 5 nitrogen and oxygen atoms in total. The Balaban J connectivity index is 1.50. The molecule has 6 heteroatoms. The van der Waals surface area contributed by atoms with E-state index in [1.807, 2.05) is 67.7 Å². The Morgan fingerprint density at radius 3 is 1.66 bits per heavy atom. The van der Waals surface area contributed by atoms with Gasteiger partial charge in [-0.2, -0.15) is 0 Å². The van der Waals surface area contributed by atoms with Crippen LogP contribution in [0.15, 0.2) is 132 Å². The lowest BCUT2D eigenvalue weighted by Crippen LogP contribution is -2.46. The molecule has 0 atom stereocenters. The van der Waals surface area contributed by atoms with E-state index in [1.165, 1.54) is 15.4 Å². The first-order valence-corrected chi connectivity index (χ1v) is 14.3. The van der Waals surface area contributed by atoms with Crippen molar-refractivity contribution in [3.8, 4) is 0 Å². The lowest BCUT2D eigenvalue weighted by Gasteiger charge is -2.38.